The van der Waals surface area contributed by atoms with Crippen LogP contribution in [0.3, 0.4) is 0 Å². The van der Waals surface area contributed by atoms with Crippen molar-refractivity contribution in [1.82, 2.24) is 14.6 Å². The van der Waals surface area contributed by atoms with Crippen molar-refractivity contribution in [2.45, 2.75) is 44.2 Å². The van der Waals surface area contributed by atoms with Crippen LogP contribution in [0.2, 0.25) is 0 Å². The molecule has 2 aromatic rings. The fraction of sp³-hybridized carbons (Fsp3) is 0.450. The molecule has 1 aliphatic carbocycles. The zero-order valence-electron chi connectivity index (χ0n) is 15.7. The minimum Gasteiger partial charge on any atom is -0.393 e. The van der Waals surface area contributed by atoms with Gasteiger partial charge in [0.1, 0.15) is 11.7 Å². The molecule has 1 aromatic heterocycles. The fourth-order valence-corrected chi connectivity index (χ4v) is 3.71. The van der Waals surface area contributed by atoms with Crippen molar-refractivity contribution in [3.8, 4) is 11.3 Å². The minimum absolute atomic E-state index is 0.0206. The number of rotatable bonds is 3. The minimum atomic E-state index is -0.169. The van der Waals surface area contributed by atoms with Gasteiger partial charge in [-0.05, 0) is 37.8 Å². The molecule has 0 unspecified atom stereocenters. The zero-order chi connectivity index (χ0) is 19.0. The number of aliphatic hydroxyl groups is 1. The quantitative estimate of drug-likeness (QED) is 0.870. The Morgan fingerprint density at radius 2 is 2.07 bits per heavy atom. The SMILES string of the molecule is CN(C)C(=O)c1cccc(-c2cnc3n2NC(=NC2CCC(O)CC2)C3)c1. The maximum atomic E-state index is 12.2. The second-order valence-corrected chi connectivity index (χ2v) is 7.50. The van der Waals surface area contributed by atoms with E-state index in [0.717, 1.165) is 48.6 Å². The maximum absolute atomic E-state index is 12.2. The summed E-state index contributed by atoms with van der Waals surface area (Å²) < 4.78 is 1.95. The van der Waals surface area contributed by atoms with Crippen molar-refractivity contribution in [1.29, 1.82) is 0 Å². The molecule has 0 atom stereocenters. The number of nitrogens with zero attached hydrogens (tertiary/aromatic N) is 4. The van der Waals surface area contributed by atoms with Crippen LogP contribution in [0.4, 0.5) is 0 Å². The second-order valence-electron chi connectivity index (χ2n) is 7.50. The summed E-state index contributed by atoms with van der Waals surface area (Å²) in [4.78, 5) is 23.2. The Hall–Kier alpha value is -2.67. The molecule has 142 valence electrons. The molecule has 1 fully saturated rings. The predicted molar refractivity (Wildman–Crippen MR) is 104 cm³/mol. The first kappa shape index (κ1) is 17.7. The van der Waals surface area contributed by atoms with Crippen LogP contribution in [0.5, 0.6) is 0 Å². The van der Waals surface area contributed by atoms with Crippen LogP contribution in [-0.4, -0.2) is 57.7 Å². The van der Waals surface area contributed by atoms with Gasteiger partial charge in [-0.25, -0.2) is 9.66 Å². The Labute approximate surface area is 158 Å². The highest BCUT2D eigenvalue weighted by Gasteiger charge is 2.24. The third kappa shape index (κ3) is 3.60. The number of hydrogen-bond donors (Lipinski definition) is 2. The number of amides is 1. The number of benzene rings is 1. The molecule has 7 heteroatoms. The molecule has 1 saturated carbocycles. The Morgan fingerprint density at radius 3 is 2.81 bits per heavy atom. The first-order valence-electron chi connectivity index (χ1n) is 9.41. The normalized spacial score (nSPS) is 23.1. The van der Waals surface area contributed by atoms with E-state index in [1.165, 1.54) is 0 Å². The van der Waals surface area contributed by atoms with Gasteiger partial charge >= 0.3 is 0 Å². The van der Waals surface area contributed by atoms with Gasteiger partial charge in [-0.2, -0.15) is 0 Å². The third-order valence-electron chi connectivity index (χ3n) is 5.22. The monoisotopic (exact) mass is 367 g/mol. The highest BCUT2D eigenvalue weighted by molar-refractivity contribution is 5.96. The van der Waals surface area contributed by atoms with Crippen LogP contribution >= 0.6 is 0 Å². The molecule has 1 aromatic carbocycles. The Bertz CT molecular complexity index is 878. The fourth-order valence-electron chi connectivity index (χ4n) is 3.71. The molecule has 0 bridgehead atoms. The van der Waals surface area contributed by atoms with Gasteiger partial charge in [0.15, 0.2) is 0 Å². The van der Waals surface area contributed by atoms with E-state index in [-0.39, 0.29) is 18.1 Å². The number of fused-ring (bicyclic) bond motifs is 1. The number of carbonyl (C=O) groups is 1. The molecular weight excluding hydrogens is 342 g/mol. The van der Waals surface area contributed by atoms with E-state index in [9.17, 15) is 9.90 Å². The van der Waals surface area contributed by atoms with Gasteiger partial charge in [0.25, 0.3) is 5.91 Å². The molecular formula is C20H25N5O2. The summed E-state index contributed by atoms with van der Waals surface area (Å²) in [6.45, 7) is 0. The molecule has 0 saturated heterocycles. The molecule has 1 amide bonds. The van der Waals surface area contributed by atoms with Crippen LogP contribution in [0.1, 0.15) is 41.9 Å². The van der Waals surface area contributed by atoms with Crippen LogP contribution in [0, 0.1) is 0 Å². The van der Waals surface area contributed by atoms with Crippen LogP contribution < -0.4 is 5.43 Å². The van der Waals surface area contributed by atoms with Crippen molar-refractivity contribution in [3.05, 3.63) is 41.9 Å². The first-order chi connectivity index (χ1) is 13.0. The van der Waals surface area contributed by atoms with Crippen molar-refractivity contribution < 1.29 is 9.90 Å². The average Bonchev–Trinajstić information content (AvgIpc) is 3.23. The summed E-state index contributed by atoms with van der Waals surface area (Å²) in [5.74, 6) is 1.82. The predicted octanol–water partition coefficient (Wildman–Crippen LogP) is 2.05. The highest BCUT2D eigenvalue weighted by Crippen LogP contribution is 2.26. The summed E-state index contributed by atoms with van der Waals surface area (Å²) in [5, 5.41) is 9.65. The molecule has 2 N–H and O–H groups in total. The van der Waals surface area contributed by atoms with Crippen LogP contribution in [0.15, 0.2) is 35.5 Å². The molecule has 0 spiro atoms. The van der Waals surface area contributed by atoms with Crippen molar-refractivity contribution in [2.75, 3.05) is 19.5 Å². The zero-order valence-corrected chi connectivity index (χ0v) is 15.7. The summed E-state index contributed by atoms with van der Waals surface area (Å²) in [5.41, 5.74) is 5.87. The third-order valence-corrected chi connectivity index (χ3v) is 5.22. The van der Waals surface area contributed by atoms with Gasteiger partial charge in [-0.1, -0.05) is 12.1 Å². The highest BCUT2D eigenvalue weighted by atomic mass is 16.3. The number of aromatic nitrogens is 2. The van der Waals surface area contributed by atoms with E-state index in [1.807, 2.05) is 35.1 Å². The van der Waals surface area contributed by atoms with Gasteiger partial charge in [0.05, 0.1) is 30.5 Å². The maximum Gasteiger partial charge on any atom is 0.253 e. The lowest BCUT2D eigenvalue weighted by molar-refractivity contribution is 0.0827. The molecule has 1 aliphatic heterocycles. The van der Waals surface area contributed by atoms with Crippen LogP contribution in [0.25, 0.3) is 11.3 Å². The largest absolute Gasteiger partial charge is 0.393 e. The molecule has 2 aliphatic rings. The smallest absolute Gasteiger partial charge is 0.253 e. The van der Waals surface area contributed by atoms with Crippen molar-refractivity contribution in [2.24, 2.45) is 4.99 Å². The molecule has 7 nitrogen and oxygen atoms in total. The summed E-state index contributed by atoms with van der Waals surface area (Å²) in [6.07, 6.45) is 5.84. The Morgan fingerprint density at radius 1 is 1.30 bits per heavy atom. The van der Waals surface area contributed by atoms with E-state index in [1.54, 1.807) is 19.0 Å². The van der Waals surface area contributed by atoms with Crippen LogP contribution in [-0.2, 0) is 6.42 Å². The second kappa shape index (κ2) is 7.15. The number of aliphatic imine (C=N–C) groups is 1. The van der Waals surface area contributed by atoms with Crippen molar-refractivity contribution >= 4 is 11.7 Å². The van der Waals surface area contributed by atoms with E-state index in [0.29, 0.717) is 12.0 Å². The van der Waals surface area contributed by atoms with Gasteiger partial charge in [-0.3, -0.25) is 15.2 Å². The number of imidazole rings is 1. The van der Waals surface area contributed by atoms with E-state index in [4.69, 9.17) is 4.99 Å². The van der Waals surface area contributed by atoms with Gasteiger partial charge < -0.3 is 10.0 Å². The van der Waals surface area contributed by atoms with Gasteiger partial charge in [0, 0.05) is 25.2 Å². The van der Waals surface area contributed by atoms with Crippen molar-refractivity contribution in [3.63, 3.8) is 0 Å². The topological polar surface area (TPSA) is 82.8 Å². The average molecular weight is 367 g/mol. The van der Waals surface area contributed by atoms with E-state index < -0.39 is 0 Å². The summed E-state index contributed by atoms with van der Waals surface area (Å²) in [7, 11) is 3.50. The number of hydrogen-bond acceptors (Lipinski definition) is 4. The molecule has 0 radical (unpaired) electrons. The number of carbonyl (C=O) groups excluding carboxylic acids is 1. The lowest BCUT2D eigenvalue weighted by Crippen LogP contribution is -2.24. The van der Waals surface area contributed by atoms with Gasteiger partial charge in [-0.15, -0.1) is 0 Å². The number of amidine groups is 1. The first-order valence-corrected chi connectivity index (χ1v) is 9.41. The summed E-state index contributed by atoms with van der Waals surface area (Å²) >= 11 is 0. The molecule has 27 heavy (non-hydrogen) atoms. The number of aliphatic hydroxyl groups excluding tert-OH is 1. The lowest BCUT2D eigenvalue weighted by atomic mass is 9.93. The van der Waals surface area contributed by atoms with Gasteiger partial charge in [0.2, 0.25) is 0 Å². The van der Waals surface area contributed by atoms with E-state index in [2.05, 4.69) is 10.4 Å². The summed E-state index contributed by atoms with van der Waals surface area (Å²) in [6, 6.07) is 7.86. The lowest BCUT2D eigenvalue weighted by Gasteiger charge is -2.22. The Kier molecular flexibility index (Phi) is 4.70. The van der Waals surface area contributed by atoms with E-state index >= 15 is 0 Å². The molecule has 2 heterocycles. The number of nitrogens with one attached hydrogen (secondary N) is 1. The molecule has 4 rings (SSSR count). The Balaban J connectivity index is 1.55. The standard InChI is InChI=1S/C20H25N5O2/c1-24(2)20(27)14-5-3-4-13(10-14)17-12-21-19-11-18(23-25(17)19)22-15-6-8-16(26)9-7-15/h3-5,10,12,15-16,26H,6-9,11H2,1-2H3,(H,22,23).